The number of sulfone groups is 1. The average molecular weight is 851 g/mol. The molecule has 0 aromatic heterocycles. The van der Waals surface area contributed by atoms with Gasteiger partial charge in [0.05, 0.1) is 22.4 Å². The van der Waals surface area contributed by atoms with Crippen molar-refractivity contribution in [1.29, 1.82) is 0 Å². The summed E-state index contributed by atoms with van der Waals surface area (Å²) in [4.78, 5) is 0.319. The van der Waals surface area contributed by atoms with Gasteiger partial charge in [-0.2, -0.15) is 0 Å². The molecule has 328 valence electrons. The predicted octanol–water partition coefficient (Wildman–Crippen LogP) is 12.0. The molecule has 2 fully saturated rings. The van der Waals surface area contributed by atoms with Gasteiger partial charge >= 0.3 is 0 Å². The first kappa shape index (κ1) is 50.2. The Balaban J connectivity index is 2.15. The molecular formula is C46H82O8SSi2. The highest BCUT2D eigenvalue weighted by atomic mass is 32.2. The second-order valence-corrected chi connectivity index (χ2v) is 32.1. The van der Waals surface area contributed by atoms with E-state index in [0.29, 0.717) is 37.7 Å². The quantitative estimate of drug-likeness (QED) is 0.0772. The van der Waals surface area contributed by atoms with E-state index in [1.165, 1.54) is 0 Å². The Morgan fingerprint density at radius 3 is 1.58 bits per heavy atom. The number of hydrogen-bond acceptors (Lipinski definition) is 8. The van der Waals surface area contributed by atoms with Crippen LogP contribution in [0.5, 0.6) is 0 Å². The van der Waals surface area contributed by atoms with Gasteiger partial charge in [-0.1, -0.05) is 85.7 Å². The summed E-state index contributed by atoms with van der Waals surface area (Å²) in [7, 11) is -7.93. The second kappa shape index (κ2) is 20.1. The second-order valence-electron chi connectivity index (χ2n) is 20.3. The Morgan fingerprint density at radius 1 is 0.737 bits per heavy atom. The Bertz CT molecular complexity index is 1580. The highest BCUT2D eigenvalue weighted by molar-refractivity contribution is 7.92. The van der Waals surface area contributed by atoms with E-state index < -0.39 is 44.3 Å². The lowest BCUT2D eigenvalue weighted by atomic mass is 9.70. The van der Waals surface area contributed by atoms with E-state index in [1.807, 2.05) is 39.8 Å². The topological polar surface area (TPSA) is 89.5 Å². The van der Waals surface area contributed by atoms with Gasteiger partial charge in [-0.15, -0.1) is 0 Å². The first-order chi connectivity index (χ1) is 26.2. The fraction of sp³-hybridized carbons (Fsp3) is 0.783. The molecule has 2 aliphatic carbocycles. The van der Waals surface area contributed by atoms with Crippen LogP contribution in [0.3, 0.4) is 0 Å². The maximum Gasteiger partial charge on any atom is 0.192 e. The molecule has 7 atom stereocenters. The van der Waals surface area contributed by atoms with E-state index in [0.717, 1.165) is 49.7 Å². The summed E-state index contributed by atoms with van der Waals surface area (Å²) in [6.07, 6.45) is 8.30. The minimum Gasteiger partial charge on any atom is -0.416 e. The van der Waals surface area contributed by atoms with Crippen molar-refractivity contribution < 1.29 is 36.2 Å². The first-order valence-corrected chi connectivity index (χ1v) is 29.1. The summed E-state index contributed by atoms with van der Waals surface area (Å²) < 4.78 is 68.9. The first-order valence-electron chi connectivity index (χ1n) is 21.7. The minimum absolute atomic E-state index is 0.0576. The van der Waals surface area contributed by atoms with Crippen molar-refractivity contribution in [2.75, 3.05) is 26.4 Å². The van der Waals surface area contributed by atoms with Crippen molar-refractivity contribution >= 4 is 26.5 Å². The van der Waals surface area contributed by atoms with Gasteiger partial charge in [0.25, 0.3) is 0 Å². The molecule has 11 heteroatoms. The number of hydrogen-bond donors (Lipinski definition) is 0. The Morgan fingerprint density at radius 2 is 1.16 bits per heavy atom. The molecule has 0 heterocycles. The van der Waals surface area contributed by atoms with Gasteiger partial charge in [0.1, 0.15) is 0 Å². The Labute approximate surface area is 351 Å². The maximum absolute atomic E-state index is 14.8. The average Bonchev–Trinajstić information content (AvgIpc) is 3.11. The van der Waals surface area contributed by atoms with Crippen LogP contribution in [0.25, 0.3) is 0 Å². The molecule has 0 amide bonds. The van der Waals surface area contributed by atoms with Gasteiger partial charge in [-0.3, -0.25) is 0 Å². The number of ether oxygens (including phenoxy) is 4. The molecule has 2 aliphatic rings. The largest absolute Gasteiger partial charge is 0.416 e. The number of benzene rings is 1. The number of allylic oxidation sites excluding steroid dienone is 1. The molecule has 2 saturated carbocycles. The third-order valence-corrected chi connectivity index (χ3v) is 24.5. The summed E-state index contributed by atoms with van der Waals surface area (Å²) in [6, 6.07) is 8.88. The minimum atomic E-state index is -3.80. The normalized spacial score (nSPS) is 27.4. The van der Waals surface area contributed by atoms with Crippen LogP contribution in [0.1, 0.15) is 128 Å². The number of rotatable bonds is 19. The van der Waals surface area contributed by atoms with E-state index in [9.17, 15) is 8.42 Å². The molecule has 57 heavy (non-hydrogen) atoms. The van der Waals surface area contributed by atoms with Crippen LogP contribution in [0, 0.1) is 10.8 Å². The van der Waals surface area contributed by atoms with Crippen molar-refractivity contribution in [2.24, 2.45) is 10.8 Å². The summed E-state index contributed by atoms with van der Waals surface area (Å²) in [5.74, 6) is 0. The molecular weight excluding hydrogens is 769 g/mol. The van der Waals surface area contributed by atoms with Crippen LogP contribution in [0.2, 0.25) is 36.3 Å². The predicted molar refractivity (Wildman–Crippen MR) is 240 cm³/mol. The lowest BCUT2D eigenvalue weighted by Crippen LogP contribution is -2.49. The highest BCUT2D eigenvalue weighted by Crippen LogP contribution is 2.47. The molecule has 3 rings (SSSR count). The molecule has 8 nitrogen and oxygen atoms in total. The fourth-order valence-electron chi connectivity index (χ4n) is 7.62. The molecule has 1 aromatic rings. The van der Waals surface area contributed by atoms with Crippen molar-refractivity contribution in [3.8, 4) is 0 Å². The maximum atomic E-state index is 14.8. The summed E-state index contributed by atoms with van der Waals surface area (Å²) >= 11 is 0. The smallest absolute Gasteiger partial charge is 0.192 e. The van der Waals surface area contributed by atoms with Gasteiger partial charge in [0, 0.05) is 37.3 Å². The standard InChI is InChI=1S/C46H82O8SSi2/c1-17-49-35(3)53-41-37(24-22-30-45(41,11)33-51-56(13,14)43(5,6)7)28-29-40(55(47,48)39-26-20-19-21-27-39)32-38-25-23-31-46(12,42(38)54-36(4)50-18-2)34-52-57(15,16)44(8,9)10/h19-21,26-28,32,35-36,40-42H,17-18,22-25,29-31,33-34H2,1-16H3/b37-28-,38-32-/t35?,36?,40?,41-,42-,45-,46-/m1/s1. The van der Waals surface area contributed by atoms with Crippen LogP contribution >= 0.6 is 0 Å². The van der Waals surface area contributed by atoms with Gasteiger partial charge < -0.3 is 27.8 Å². The van der Waals surface area contributed by atoms with Gasteiger partial charge in [0.2, 0.25) is 0 Å². The summed E-state index contributed by atoms with van der Waals surface area (Å²) in [5.41, 5.74) is 1.45. The van der Waals surface area contributed by atoms with Crippen molar-refractivity contribution in [1.82, 2.24) is 0 Å². The lowest BCUT2D eigenvalue weighted by Gasteiger charge is -2.47. The van der Waals surface area contributed by atoms with Crippen LogP contribution in [0.15, 0.2) is 58.5 Å². The summed E-state index contributed by atoms with van der Waals surface area (Å²) in [5, 5.41) is -0.685. The van der Waals surface area contributed by atoms with Crippen LogP contribution < -0.4 is 0 Å². The van der Waals surface area contributed by atoms with E-state index in [1.54, 1.807) is 24.3 Å². The van der Waals surface area contributed by atoms with Crippen molar-refractivity contribution in [2.45, 2.75) is 199 Å². The summed E-state index contributed by atoms with van der Waals surface area (Å²) in [6.45, 7) is 37.3. The van der Waals surface area contributed by atoms with Gasteiger partial charge in [-0.05, 0) is 132 Å². The van der Waals surface area contributed by atoms with Gasteiger partial charge in [0.15, 0.2) is 39.1 Å². The van der Waals surface area contributed by atoms with E-state index >= 15 is 0 Å². The molecule has 0 saturated heterocycles. The zero-order chi connectivity index (χ0) is 43.1. The molecule has 0 radical (unpaired) electrons. The van der Waals surface area contributed by atoms with Crippen molar-refractivity contribution in [3.05, 3.63) is 53.6 Å². The van der Waals surface area contributed by atoms with E-state index in [4.69, 9.17) is 27.8 Å². The Kier molecular flexibility index (Phi) is 17.7. The van der Waals surface area contributed by atoms with Crippen LogP contribution in [-0.4, -0.2) is 81.5 Å². The fourth-order valence-corrected chi connectivity index (χ4v) is 11.5. The molecule has 0 spiro atoms. The molecule has 0 aliphatic heterocycles. The molecule has 0 bridgehead atoms. The van der Waals surface area contributed by atoms with Crippen LogP contribution in [-0.2, 0) is 37.6 Å². The van der Waals surface area contributed by atoms with Crippen LogP contribution in [0.4, 0.5) is 0 Å². The lowest BCUT2D eigenvalue weighted by molar-refractivity contribution is -0.184. The van der Waals surface area contributed by atoms with E-state index in [2.05, 4.69) is 87.7 Å². The molecule has 1 aromatic carbocycles. The molecule has 0 N–H and O–H groups in total. The SMILES string of the molecule is CCOC(C)O[C@@H]1/C(=C\CC(/C=C2/CCC[C@](C)(CO[Si](C)(C)C(C)(C)C)[C@@H]2OC(C)OCC)S(=O)(=O)c2ccccc2)CCC[C@]1(C)CO[Si](C)(C)C(C)(C)C. The third kappa shape index (κ3) is 13.2. The van der Waals surface area contributed by atoms with Crippen molar-refractivity contribution in [3.63, 3.8) is 0 Å². The molecule has 3 unspecified atom stereocenters. The van der Waals surface area contributed by atoms with Gasteiger partial charge in [-0.25, -0.2) is 8.42 Å². The zero-order valence-electron chi connectivity index (χ0n) is 38.9. The monoisotopic (exact) mass is 851 g/mol. The third-order valence-electron chi connectivity index (χ3n) is 13.4. The van der Waals surface area contributed by atoms with E-state index in [-0.39, 0.29) is 33.1 Å². The Hall–Kier alpha value is -1.16. The zero-order valence-corrected chi connectivity index (χ0v) is 41.7. The highest BCUT2D eigenvalue weighted by Gasteiger charge is 2.47.